The summed E-state index contributed by atoms with van der Waals surface area (Å²) in [6.07, 6.45) is 3.64. The van der Waals surface area contributed by atoms with Gasteiger partial charge in [-0.2, -0.15) is 5.10 Å². The first-order chi connectivity index (χ1) is 10.0. The molecule has 0 aliphatic carbocycles. The molecule has 0 aliphatic rings. The van der Waals surface area contributed by atoms with Gasteiger partial charge >= 0.3 is 0 Å². The first-order valence-corrected chi connectivity index (χ1v) is 7.58. The van der Waals surface area contributed by atoms with E-state index in [1.165, 1.54) is 0 Å². The minimum Gasteiger partial charge on any atom is -0.361 e. The van der Waals surface area contributed by atoms with E-state index in [-0.39, 0.29) is 5.78 Å². The van der Waals surface area contributed by atoms with Gasteiger partial charge < -0.3 is 10.6 Å². The summed E-state index contributed by atoms with van der Waals surface area (Å²) in [4.78, 5) is 11.2. The fraction of sp³-hybridized carbons (Fsp3) is 0.214. The Balaban J connectivity index is 1.77. The number of nitrogens with zero attached hydrogens (tertiary/aromatic N) is 2. The molecule has 0 amide bonds. The maximum absolute atomic E-state index is 11.2. The Kier molecular flexibility index (Phi) is 5.46. The van der Waals surface area contributed by atoms with Crippen LogP contribution in [0.1, 0.15) is 17.3 Å². The molecule has 0 saturated carbocycles. The van der Waals surface area contributed by atoms with Gasteiger partial charge in [0, 0.05) is 24.0 Å². The SMILES string of the molecule is CC(=O)c1ccc(NC(=S)NCCn2cc(Br)cn2)cc1. The molecule has 21 heavy (non-hydrogen) atoms. The molecule has 0 radical (unpaired) electrons. The zero-order valence-corrected chi connectivity index (χ0v) is 13.9. The van der Waals surface area contributed by atoms with Gasteiger partial charge in [0.2, 0.25) is 0 Å². The second-order valence-electron chi connectivity index (χ2n) is 4.44. The maximum Gasteiger partial charge on any atom is 0.170 e. The van der Waals surface area contributed by atoms with Gasteiger partial charge in [-0.3, -0.25) is 9.48 Å². The third-order valence-electron chi connectivity index (χ3n) is 2.78. The van der Waals surface area contributed by atoms with Crippen LogP contribution in [0.15, 0.2) is 41.1 Å². The second kappa shape index (κ2) is 7.33. The van der Waals surface area contributed by atoms with Gasteiger partial charge in [0.25, 0.3) is 0 Å². The number of ketones is 1. The summed E-state index contributed by atoms with van der Waals surface area (Å²) in [6.45, 7) is 2.93. The smallest absolute Gasteiger partial charge is 0.170 e. The van der Waals surface area contributed by atoms with Crippen LogP contribution >= 0.6 is 28.1 Å². The molecule has 2 rings (SSSR count). The molecule has 1 aromatic heterocycles. The van der Waals surface area contributed by atoms with Crippen LogP contribution in [0.5, 0.6) is 0 Å². The topological polar surface area (TPSA) is 59.0 Å². The summed E-state index contributed by atoms with van der Waals surface area (Å²) in [7, 11) is 0. The van der Waals surface area contributed by atoms with Gasteiger partial charge in [-0.15, -0.1) is 0 Å². The highest BCUT2D eigenvalue weighted by Gasteiger charge is 2.01. The number of anilines is 1. The lowest BCUT2D eigenvalue weighted by Gasteiger charge is -2.10. The molecule has 0 atom stereocenters. The molecule has 0 aliphatic heterocycles. The van der Waals surface area contributed by atoms with E-state index in [1.54, 1.807) is 25.3 Å². The normalized spacial score (nSPS) is 10.2. The van der Waals surface area contributed by atoms with Gasteiger partial charge in [0.05, 0.1) is 17.2 Å². The number of halogens is 1. The van der Waals surface area contributed by atoms with Crippen molar-refractivity contribution in [3.05, 3.63) is 46.7 Å². The molecular formula is C14H15BrN4OS. The van der Waals surface area contributed by atoms with E-state index in [0.29, 0.717) is 17.2 Å². The van der Waals surface area contributed by atoms with E-state index in [4.69, 9.17) is 12.2 Å². The third kappa shape index (κ3) is 4.95. The zero-order valence-electron chi connectivity index (χ0n) is 11.5. The lowest BCUT2D eigenvalue weighted by molar-refractivity contribution is 0.101. The highest BCUT2D eigenvalue weighted by Crippen LogP contribution is 2.10. The van der Waals surface area contributed by atoms with E-state index < -0.39 is 0 Å². The number of rotatable bonds is 5. The molecule has 2 N–H and O–H groups in total. The summed E-state index contributed by atoms with van der Waals surface area (Å²) in [5.74, 6) is 0.0487. The average molecular weight is 367 g/mol. The quantitative estimate of drug-likeness (QED) is 0.629. The highest BCUT2D eigenvalue weighted by molar-refractivity contribution is 9.10. The lowest BCUT2D eigenvalue weighted by atomic mass is 10.1. The molecule has 5 nitrogen and oxygen atoms in total. The van der Waals surface area contributed by atoms with E-state index in [1.807, 2.05) is 23.0 Å². The van der Waals surface area contributed by atoms with Crippen molar-refractivity contribution >= 4 is 44.7 Å². The van der Waals surface area contributed by atoms with Crippen molar-refractivity contribution in [2.75, 3.05) is 11.9 Å². The Morgan fingerprint density at radius 2 is 2.10 bits per heavy atom. The number of thiocarbonyl (C=S) groups is 1. The van der Waals surface area contributed by atoms with Crippen molar-refractivity contribution in [2.24, 2.45) is 0 Å². The molecule has 1 heterocycles. The van der Waals surface area contributed by atoms with Gasteiger partial charge in [0.1, 0.15) is 0 Å². The van der Waals surface area contributed by atoms with Crippen LogP contribution in [0.25, 0.3) is 0 Å². The number of hydrogen-bond donors (Lipinski definition) is 2. The van der Waals surface area contributed by atoms with Gasteiger partial charge in [-0.05, 0) is 59.3 Å². The standard InChI is InChI=1S/C14H15BrN4OS/c1-10(20)11-2-4-13(5-3-11)18-14(21)16-6-7-19-9-12(15)8-17-19/h2-5,8-9H,6-7H2,1H3,(H2,16,18,21). The monoisotopic (exact) mass is 366 g/mol. The van der Waals surface area contributed by atoms with Crippen molar-refractivity contribution in [2.45, 2.75) is 13.5 Å². The minimum atomic E-state index is 0.0487. The summed E-state index contributed by atoms with van der Waals surface area (Å²) in [5.41, 5.74) is 1.53. The van der Waals surface area contributed by atoms with Crippen LogP contribution < -0.4 is 10.6 Å². The largest absolute Gasteiger partial charge is 0.361 e. The van der Waals surface area contributed by atoms with Crippen LogP contribution in [0.4, 0.5) is 5.69 Å². The van der Waals surface area contributed by atoms with Gasteiger partial charge in [0.15, 0.2) is 10.9 Å². The summed E-state index contributed by atoms with van der Waals surface area (Å²) in [5, 5.41) is 10.9. The number of aromatic nitrogens is 2. The van der Waals surface area contributed by atoms with Crippen molar-refractivity contribution < 1.29 is 4.79 Å². The van der Waals surface area contributed by atoms with E-state index in [2.05, 4.69) is 31.7 Å². The average Bonchev–Trinajstić information content (AvgIpc) is 2.85. The highest BCUT2D eigenvalue weighted by atomic mass is 79.9. The Hall–Kier alpha value is -1.73. The van der Waals surface area contributed by atoms with Crippen LogP contribution in [-0.2, 0) is 6.54 Å². The van der Waals surface area contributed by atoms with Gasteiger partial charge in [-0.1, -0.05) is 0 Å². The number of Topliss-reactive ketones (excluding diaryl/α,β-unsaturated/α-hetero) is 1. The van der Waals surface area contributed by atoms with Crippen LogP contribution in [-0.4, -0.2) is 27.2 Å². The molecular weight excluding hydrogens is 352 g/mol. The Morgan fingerprint density at radius 1 is 1.38 bits per heavy atom. The third-order valence-corrected chi connectivity index (χ3v) is 3.43. The summed E-state index contributed by atoms with van der Waals surface area (Å²) >= 11 is 8.56. The van der Waals surface area contributed by atoms with Crippen molar-refractivity contribution in [1.29, 1.82) is 0 Å². The van der Waals surface area contributed by atoms with Crippen molar-refractivity contribution in [3.63, 3.8) is 0 Å². The number of carbonyl (C=O) groups excluding carboxylic acids is 1. The van der Waals surface area contributed by atoms with Crippen LogP contribution in [0.3, 0.4) is 0 Å². The molecule has 0 unspecified atom stereocenters. The predicted octanol–water partition coefficient (Wildman–Crippen LogP) is 2.83. The van der Waals surface area contributed by atoms with E-state index >= 15 is 0 Å². The molecule has 7 heteroatoms. The lowest BCUT2D eigenvalue weighted by Crippen LogP contribution is -2.31. The summed E-state index contributed by atoms with van der Waals surface area (Å²) < 4.78 is 2.77. The molecule has 0 spiro atoms. The van der Waals surface area contributed by atoms with Gasteiger partial charge in [-0.25, -0.2) is 0 Å². The van der Waals surface area contributed by atoms with E-state index in [9.17, 15) is 4.79 Å². The molecule has 110 valence electrons. The maximum atomic E-state index is 11.2. The fourth-order valence-corrected chi connectivity index (χ4v) is 2.26. The Morgan fingerprint density at radius 3 is 2.67 bits per heavy atom. The van der Waals surface area contributed by atoms with Crippen LogP contribution in [0, 0.1) is 0 Å². The Labute approximate surface area is 136 Å². The zero-order chi connectivity index (χ0) is 15.2. The molecule has 0 fully saturated rings. The number of hydrogen-bond acceptors (Lipinski definition) is 3. The number of benzene rings is 1. The summed E-state index contributed by atoms with van der Waals surface area (Å²) in [6, 6.07) is 7.20. The first kappa shape index (κ1) is 15.7. The second-order valence-corrected chi connectivity index (χ2v) is 5.76. The Bertz CT molecular complexity index is 639. The van der Waals surface area contributed by atoms with Crippen LogP contribution in [0.2, 0.25) is 0 Å². The molecule has 1 aromatic carbocycles. The molecule has 2 aromatic rings. The molecule has 0 bridgehead atoms. The number of carbonyl (C=O) groups is 1. The van der Waals surface area contributed by atoms with Crippen molar-refractivity contribution in [1.82, 2.24) is 15.1 Å². The predicted molar refractivity (Wildman–Crippen MR) is 90.6 cm³/mol. The number of nitrogens with one attached hydrogen (secondary N) is 2. The fourth-order valence-electron chi connectivity index (χ4n) is 1.71. The minimum absolute atomic E-state index is 0.0487. The first-order valence-electron chi connectivity index (χ1n) is 6.38. The van der Waals surface area contributed by atoms with Crippen molar-refractivity contribution in [3.8, 4) is 0 Å². The molecule has 0 saturated heterocycles. The van der Waals surface area contributed by atoms with E-state index in [0.717, 1.165) is 16.7 Å².